The van der Waals surface area contributed by atoms with Crippen molar-refractivity contribution in [2.24, 2.45) is 0 Å². The molecule has 1 unspecified atom stereocenters. The van der Waals surface area contributed by atoms with Gasteiger partial charge in [0.05, 0.1) is 0 Å². The average molecular weight is 200 g/mol. The van der Waals surface area contributed by atoms with Crippen LogP contribution in [-0.2, 0) is 4.74 Å². The first-order valence-electron chi connectivity index (χ1n) is 5.90. The Morgan fingerprint density at radius 2 is 2.29 bits per heavy atom. The summed E-state index contributed by atoms with van der Waals surface area (Å²) in [7, 11) is 0. The highest BCUT2D eigenvalue weighted by atomic mass is 16.5. The van der Waals surface area contributed by atoms with Gasteiger partial charge in [0.25, 0.3) is 0 Å². The minimum atomic E-state index is 0.704. The molecule has 1 atom stereocenters. The number of nitrogens with one attached hydrogen (secondary N) is 1. The van der Waals surface area contributed by atoms with Crippen molar-refractivity contribution >= 4 is 0 Å². The zero-order chi connectivity index (χ0) is 10.2. The van der Waals surface area contributed by atoms with E-state index in [0.717, 1.165) is 19.8 Å². The molecule has 0 spiro atoms. The number of hydrogen-bond donors (Lipinski definition) is 1. The number of rotatable bonds is 6. The van der Waals surface area contributed by atoms with Crippen LogP contribution in [0.1, 0.15) is 26.7 Å². The van der Waals surface area contributed by atoms with Crippen molar-refractivity contribution in [1.82, 2.24) is 10.2 Å². The molecular weight excluding hydrogens is 176 g/mol. The van der Waals surface area contributed by atoms with E-state index in [1.54, 1.807) is 0 Å². The Kier molecular flexibility index (Phi) is 6.15. The third-order valence-electron chi connectivity index (χ3n) is 2.80. The fraction of sp³-hybridized carbons (Fsp3) is 1.00. The summed E-state index contributed by atoms with van der Waals surface area (Å²) < 4.78 is 5.34. The van der Waals surface area contributed by atoms with E-state index in [0.29, 0.717) is 6.04 Å². The highest BCUT2D eigenvalue weighted by molar-refractivity contribution is 4.76. The molecule has 1 rings (SSSR count). The molecular formula is C11H24N2O. The molecule has 1 fully saturated rings. The normalized spacial score (nSPS) is 24.0. The fourth-order valence-electron chi connectivity index (χ4n) is 1.91. The first-order valence-corrected chi connectivity index (χ1v) is 5.90. The van der Waals surface area contributed by atoms with Crippen LogP contribution in [0.15, 0.2) is 0 Å². The van der Waals surface area contributed by atoms with Gasteiger partial charge in [-0.1, -0.05) is 6.92 Å². The van der Waals surface area contributed by atoms with E-state index in [-0.39, 0.29) is 0 Å². The minimum Gasteiger partial charge on any atom is -0.382 e. The monoisotopic (exact) mass is 200 g/mol. The summed E-state index contributed by atoms with van der Waals surface area (Å²) in [5.41, 5.74) is 0. The molecule has 0 aromatic heterocycles. The van der Waals surface area contributed by atoms with Crippen LogP contribution < -0.4 is 5.32 Å². The summed E-state index contributed by atoms with van der Waals surface area (Å²) in [5.74, 6) is 0. The molecule has 1 heterocycles. The van der Waals surface area contributed by atoms with E-state index in [1.807, 2.05) is 0 Å². The second-order valence-corrected chi connectivity index (χ2v) is 3.91. The van der Waals surface area contributed by atoms with Gasteiger partial charge in [0.2, 0.25) is 0 Å². The Morgan fingerprint density at radius 1 is 1.43 bits per heavy atom. The molecule has 0 aliphatic carbocycles. The molecule has 1 N–H and O–H groups in total. The molecule has 0 aromatic carbocycles. The summed E-state index contributed by atoms with van der Waals surface area (Å²) >= 11 is 0. The molecule has 0 aromatic rings. The lowest BCUT2D eigenvalue weighted by molar-refractivity contribution is 0.123. The maximum absolute atomic E-state index is 5.34. The Hall–Kier alpha value is -0.120. The predicted octanol–water partition coefficient (Wildman–Crippen LogP) is 1.10. The van der Waals surface area contributed by atoms with Crippen molar-refractivity contribution in [3.8, 4) is 0 Å². The smallest absolute Gasteiger partial charge is 0.0478 e. The van der Waals surface area contributed by atoms with E-state index >= 15 is 0 Å². The van der Waals surface area contributed by atoms with Gasteiger partial charge >= 0.3 is 0 Å². The first kappa shape index (κ1) is 12.0. The average Bonchev–Trinajstić information content (AvgIpc) is 2.25. The van der Waals surface area contributed by atoms with Crippen molar-refractivity contribution in [3.05, 3.63) is 0 Å². The summed E-state index contributed by atoms with van der Waals surface area (Å²) in [6.07, 6.45) is 2.41. The van der Waals surface area contributed by atoms with Crippen LogP contribution >= 0.6 is 0 Å². The molecule has 3 nitrogen and oxygen atoms in total. The third kappa shape index (κ3) is 4.40. The van der Waals surface area contributed by atoms with Gasteiger partial charge in [-0.25, -0.2) is 0 Å². The van der Waals surface area contributed by atoms with Crippen molar-refractivity contribution in [1.29, 1.82) is 0 Å². The van der Waals surface area contributed by atoms with Gasteiger partial charge in [-0.2, -0.15) is 0 Å². The number of hydrogen-bond acceptors (Lipinski definition) is 3. The maximum Gasteiger partial charge on any atom is 0.0478 e. The molecule has 14 heavy (non-hydrogen) atoms. The summed E-state index contributed by atoms with van der Waals surface area (Å²) in [4.78, 5) is 2.55. The maximum atomic E-state index is 5.34. The van der Waals surface area contributed by atoms with Gasteiger partial charge in [-0.05, 0) is 19.8 Å². The standard InChI is InChI=1S/C11H24N2O/c1-3-11-10-13(8-6-12-11)7-5-9-14-4-2/h11-12H,3-10H2,1-2H3. The zero-order valence-corrected chi connectivity index (χ0v) is 9.59. The molecule has 0 amide bonds. The highest BCUT2D eigenvalue weighted by Gasteiger charge is 2.16. The summed E-state index contributed by atoms with van der Waals surface area (Å²) in [6.45, 7) is 10.8. The van der Waals surface area contributed by atoms with Crippen molar-refractivity contribution in [2.45, 2.75) is 32.7 Å². The quantitative estimate of drug-likeness (QED) is 0.650. The molecule has 0 radical (unpaired) electrons. The van der Waals surface area contributed by atoms with E-state index in [9.17, 15) is 0 Å². The van der Waals surface area contributed by atoms with Crippen molar-refractivity contribution in [2.75, 3.05) is 39.4 Å². The van der Waals surface area contributed by atoms with Crippen LogP contribution in [0, 0.1) is 0 Å². The van der Waals surface area contributed by atoms with Gasteiger partial charge in [-0.15, -0.1) is 0 Å². The lowest BCUT2D eigenvalue weighted by Gasteiger charge is -2.33. The van der Waals surface area contributed by atoms with Crippen LogP contribution in [0.25, 0.3) is 0 Å². The molecule has 3 heteroatoms. The second-order valence-electron chi connectivity index (χ2n) is 3.91. The topological polar surface area (TPSA) is 24.5 Å². The van der Waals surface area contributed by atoms with Gasteiger partial charge in [-0.3, -0.25) is 0 Å². The van der Waals surface area contributed by atoms with Gasteiger partial charge in [0, 0.05) is 45.4 Å². The number of piperazine rings is 1. The number of ether oxygens (including phenoxy) is 1. The molecule has 1 aliphatic heterocycles. The molecule has 0 bridgehead atoms. The van der Waals surface area contributed by atoms with E-state index < -0.39 is 0 Å². The molecule has 0 saturated carbocycles. The largest absolute Gasteiger partial charge is 0.382 e. The lowest BCUT2D eigenvalue weighted by atomic mass is 10.1. The van der Waals surface area contributed by atoms with Crippen LogP contribution in [0.5, 0.6) is 0 Å². The van der Waals surface area contributed by atoms with E-state index in [4.69, 9.17) is 4.74 Å². The van der Waals surface area contributed by atoms with Gasteiger partial charge < -0.3 is 15.0 Å². The van der Waals surface area contributed by atoms with Crippen LogP contribution in [0.3, 0.4) is 0 Å². The third-order valence-corrected chi connectivity index (χ3v) is 2.80. The summed E-state index contributed by atoms with van der Waals surface area (Å²) in [6, 6.07) is 0.704. The summed E-state index contributed by atoms with van der Waals surface area (Å²) in [5, 5.41) is 3.53. The van der Waals surface area contributed by atoms with Crippen LogP contribution in [0.2, 0.25) is 0 Å². The Balaban J connectivity index is 2.05. The minimum absolute atomic E-state index is 0.704. The molecule has 1 aliphatic rings. The molecule has 84 valence electrons. The number of nitrogens with zero attached hydrogens (tertiary/aromatic N) is 1. The Bertz CT molecular complexity index is 141. The van der Waals surface area contributed by atoms with Crippen molar-refractivity contribution < 1.29 is 4.74 Å². The van der Waals surface area contributed by atoms with Crippen LogP contribution in [-0.4, -0.2) is 50.3 Å². The van der Waals surface area contributed by atoms with Gasteiger partial charge in [0.1, 0.15) is 0 Å². The predicted molar refractivity (Wildman–Crippen MR) is 59.6 cm³/mol. The Labute approximate surface area is 87.8 Å². The van der Waals surface area contributed by atoms with E-state index in [1.165, 1.54) is 32.5 Å². The Morgan fingerprint density at radius 3 is 3.00 bits per heavy atom. The van der Waals surface area contributed by atoms with E-state index in [2.05, 4.69) is 24.1 Å². The van der Waals surface area contributed by atoms with Crippen molar-refractivity contribution in [3.63, 3.8) is 0 Å². The van der Waals surface area contributed by atoms with Crippen LogP contribution in [0.4, 0.5) is 0 Å². The second kappa shape index (κ2) is 7.21. The highest BCUT2D eigenvalue weighted by Crippen LogP contribution is 2.02. The lowest BCUT2D eigenvalue weighted by Crippen LogP contribution is -2.50. The zero-order valence-electron chi connectivity index (χ0n) is 9.59. The first-order chi connectivity index (χ1) is 6.86. The molecule has 1 saturated heterocycles. The fourth-order valence-corrected chi connectivity index (χ4v) is 1.91. The van der Waals surface area contributed by atoms with Gasteiger partial charge in [0.15, 0.2) is 0 Å². The SMILES string of the molecule is CCOCCCN1CCNC(CC)C1.